The van der Waals surface area contributed by atoms with Crippen LogP contribution in [0.1, 0.15) is 41.7 Å². The second-order valence-electron chi connectivity index (χ2n) is 7.28. The Morgan fingerprint density at radius 1 is 1.10 bits per heavy atom. The van der Waals surface area contributed by atoms with E-state index in [1.54, 1.807) is 61.6 Å². The molecule has 0 bridgehead atoms. The molecule has 0 saturated carbocycles. The molecule has 1 saturated heterocycles. The van der Waals surface area contributed by atoms with Gasteiger partial charge in [0.2, 0.25) is 11.8 Å². The number of nitrogens with zero attached hydrogens (tertiary/aromatic N) is 1. The first kappa shape index (κ1) is 22.1. The van der Waals surface area contributed by atoms with E-state index in [1.165, 1.54) is 0 Å². The van der Waals surface area contributed by atoms with Crippen LogP contribution in [0.25, 0.3) is 0 Å². The van der Waals surface area contributed by atoms with Crippen LogP contribution >= 0.6 is 0 Å². The lowest BCUT2D eigenvalue weighted by Crippen LogP contribution is -2.38. The predicted octanol–water partition coefficient (Wildman–Crippen LogP) is 2.44. The number of hydrogen-bond donors (Lipinski definition) is 2. The number of methoxy groups -OCH3 is 2. The molecule has 31 heavy (non-hydrogen) atoms. The molecule has 1 fully saturated rings. The summed E-state index contributed by atoms with van der Waals surface area (Å²) in [6.45, 7) is 2.36. The normalized spacial score (nSPS) is 14.2. The van der Waals surface area contributed by atoms with Crippen LogP contribution in [0.15, 0.2) is 42.5 Å². The van der Waals surface area contributed by atoms with E-state index in [0.29, 0.717) is 30.0 Å². The van der Waals surface area contributed by atoms with E-state index in [-0.39, 0.29) is 30.3 Å². The van der Waals surface area contributed by atoms with Crippen LogP contribution in [0.2, 0.25) is 0 Å². The smallest absolute Gasteiger partial charge is 0.251 e. The SMILES string of the molecule is COc1ccc(OC)c([C@H](C)NC(=O)CNC(=O)c2ccc(N3CCCC3=O)cc2)c1. The largest absolute Gasteiger partial charge is 0.497 e. The van der Waals surface area contributed by atoms with Crippen molar-refractivity contribution in [3.05, 3.63) is 53.6 Å². The number of rotatable bonds is 8. The summed E-state index contributed by atoms with van der Waals surface area (Å²) < 4.78 is 10.6. The van der Waals surface area contributed by atoms with Crippen molar-refractivity contribution in [2.24, 2.45) is 0 Å². The molecule has 0 unspecified atom stereocenters. The van der Waals surface area contributed by atoms with Crippen LogP contribution < -0.4 is 25.0 Å². The molecule has 8 nitrogen and oxygen atoms in total. The van der Waals surface area contributed by atoms with Gasteiger partial charge in [0.25, 0.3) is 5.91 Å². The van der Waals surface area contributed by atoms with Gasteiger partial charge in [-0.1, -0.05) is 0 Å². The topological polar surface area (TPSA) is 97.0 Å². The molecule has 8 heteroatoms. The second kappa shape index (κ2) is 9.97. The summed E-state index contributed by atoms with van der Waals surface area (Å²) in [5.74, 6) is 0.695. The minimum atomic E-state index is -0.360. The van der Waals surface area contributed by atoms with Crippen LogP contribution in [0, 0.1) is 0 Å². The van der Waals surface area contributed by atoms with E-state index in [2.05, 4.69) is 10.6 Å². The number of ether oxygens (including phenoxy) is 2. The van der Waals surface area contributed by atoms with Gasteiger partial charge in [0.15, 0.2) is 0 Å². The number of carbonyl (C=O) groups is 3. The van der Waals surface area contributed by atoms with Gasteiger partial charge in [-0.25, -0.2) is 0 Å². The Morgan fingerprint density at radius 2 is 1.84 bits per heavy atom. The second-order valence-corrected chi connectivity index (χ2v) is 7.28. The highest BCUT2D eigenvalue weighted by Crippen LogP contribution is 2.29. The maximum atomic E-state index is 12.4. The standard InChI is InChI=1S/C23H27N3O5/c1-15(19-13-18(30-2)10-11-20(19)31-3)25-21(27)14-24-23(29)16-6-8-17(9-7-16)26-12-4-5-22(26)28/h6-11,13,15H,4-5,12,14H2,1-3H3,(H,24,29)(H,25,27)/t15-/m0/s1. The van der Waals surface area contributed by atoms with E-state index in [0.717, 1.165) is 17.7 Å². The fourth-order valence-corrected chi connectivity index (χ4v) is 3.52. The number of amides is 3. The lowest BCUT2D eigenvalue weighted by atomic mass is 10.1. The number of benzene rings is 2. The third-order valence-corrected chi connectivity index (χ3v) is 5.20. The summed E-state index contributed by atoms with van der Waals surface area (Å²) in [5.41, 5.74) is 1.97. The van der Waals surface area contributed by atoms with Crippen molar-refractivity contribution in [3.63, 3.8) is 0 Å². The molecule has 0 radical (unpaired) electrons. The number of anilines is 1. The van der Waals surface area contributed by atoms with E-state index in [1.807, 2.05) is 6.92 Å². The highest BCUT2D eigenvalue weighted by Gasteiger charge is 2.22. The van der Waals surface area contributed by atoms with Crippen molar-refractivity contribution in [2.45, 2.75) is 25.8 Å². The zero-order valence-corrected chi connectivity index (χ0v) is 17.9. The average molecular weight is 425 g/mol. The Bertz CT molecular complexity index is 958. The maximum absolute atomic E-state index is 12.4. The summed E-state index contributed by atoms with van der Waals surface area (Å²) in [6.07, 6.45) is 1.40. The van der Waals surface area contributed by atoms with Gasteiger partial charge in [-0.05, 0) is 55.8 Å². The molecular formula is C23H27N3O5. The fraction of sp³-hybridized carbons (Fsp3) is 0.348. The summed E-state index contributed by atoms with van der Waals surface area (Å²) in [6, 6.07) is 11.8. The van der Waals surface area contributed by atoms with Crippen molar-refractivity contribution in [3.8, 4) is 11.5 Å². The Labute approximate surface area is 181 Å². The van der Waals surface area contributed by atoms with Gasteiger partial charge in [-0.2, -0.15) is 0 Å². The van der Waals surface area contributed by atoms with Gasteiger partial charge in [0, 0.05) is 29.8 Å². The molecule has 0 aromatic heterocycles. The summed E-state index contributed by atoms with van der Waals surface area (Å²) in [4.78, 5) is 38.3. The van der Waals surface area contributed by atoms with Crippen molar-refractivity contribution in [2.75, 3.05) is 32.2 Å². The Hall–Kier alpha value is -3.55. The predicted molar refractivity (Wildman–Crippen MR) is 116 cm³/mol. The van der Waals surface area contributed by atoms with Crippen LogP contribution in [-0.2, 0) is 9.59 Å². The molecular weight excluding hydrogens is 398 g/mol. The zero-order chi connectivity index (χ0) is 22.4. The van der Waals surface area contributed by atoms with Crippen LogP contribution in [0.3, 0.4) is 0 Å². The third kappa shape index (κ3) is 5.33. The van der Waals surface area contributed by atoms with Crippen molar-refractivity contribution in [1.82, 2.24) is 10.6 Å². The molecule has 0 aliphatic carbocycles. The van der Waals surface area contributed by atoms with Gasteiger partial charge in [-0.3, -0.25) is 14.4 Å². The maximum Gasteiger partial charge on any atom is 0.251 e. The lowest BCUT2D eigenvalue weighted by Gasteiger charge is -2.18. The minimum Gasteiger partial charge on any atom is -0.497 e. The van der Waals surface area contributed by atoms with Crippen LogP contribution in [0.4, 0.5) is 5.69 Å². The molecule has 3 rings (SSSR count). The van der Waals surface area contributed by atoms with Crippen LogP contribution in [-0.4, -0.2) is 45.0 Å². The summed E-state index contributed by atoms with van der Waals surface area (Å²) in [7, 11) is 3.13. The Kier molecular flexibility index (Phi) is 7.12. The van der Waals surface area contributed by atoms with Crippen molar-refractivity contribution < 1.29 is 23.9 Å². The molecule has 2 N–H and O–H groups in total. The van der Waals surface area contributed by atoms with Crippen molar-refractivity contribution >= 4 is 23.4 Å². The fourth-order valence-electron chi connectivity index (χ4n) is 3.52. The van der Waals surface area contributed by atoms with E-state index in [4.69, 9.17) is 9.47 Å². The molecule has 1 aliphatic heterocycles. The lowest BCUT2D eigenvalue weighted by molar-refractivity contribution is -0.120. The van der Waals surface area contributed by atoms with E-state index in [9.17, 15) is 14.4 Å². The summed E-state index contributed by atoms with van der Waals surface area (Å²) in [5, 5.41) is 5.46. The molecule has 1 heterocycles. The Balaban J connectivity index is 1.54. The molecule has 1 atom stereocenters. The molecule has 2 aromatic rings. The van der Waals surface area contributed by atoms with Gasteiger partial charge in [0.1, 0.15) is 11.5 Å². The molecule has 0 spiro atoms. The first-order valence-corrected chi connectivity index (χ1v) is 10.1. The highest BCUT2D eigenvalue weighted by atomic mass is 16.5. The quantitative estimate of drug-likeness (QED) is 0.677. The first-order chi connectivity index (χ1) is 14.9. The van der Waals surface area contributed by atoms with E-state index >= 15 is 0 Å². The van der Waals surface area contributed by atoms with E-state index < -0.39 is 0 Å². The first-order valence-electron chi connectivity index (χ1n) is 10.1. The van der Waals surface area contributed by atoms with Gasteiger partial charge in [-0.15, -0.1) is 0 Å². The number of hydrogen-bond acceptors (Lipinski definition) is 5. The molecule has 164 valence electrons. The van der Waals surface area contributed by atoms with Crippen molar-refractivity contribution in [1.29, 1.82) is 0 Å². The summed E-state index contributed by atoms with van der Waals surface area (Å²) >= 11 is 0. The van der Waals surface area contributed by atoms with Gasteiger partial charge >= 0.3 is 0 Å². The Morgan fingerprint density at radius 3 is 2.45 bits per heavy atom. The highest BCUT2D eigenvalue weighted by molar-refractivity contribution is 5.98. The van der Waals surface area contributed by atoms with Crippen LogP contribution in [0.5, 0.6) is 11.5 Å². The van der Waals surface area contributed by atoms with Gasteiger partial charge < -0.3 is 25.0 Å². The number of nitrogens with one attached hydrogen (secondary N) is 2. The molecule has 2 aromatic carbocycles. The minimum absolute atomic E-state index is 0.0932. The molecule has 1 aliphatic rings. The average Bonchev–Trinajstić information content (AvgIpc) is 3.22. The monoisotopic (exact) mass is 425 g/mol. The zero-order valence-electron chi connectivity index (χ0n) is 17.9. The third-order valence-electron chi connectivity index (χ3n) is 5.20. The molecule has 3 amide bonds. The van der Waals surface area contributed by atoms with Gasteiger partial charge in [0.05, 0.1) is 26.8 Å². The number of carbonyl (C=O) groups excluding carboxylic acids is 3.